The molecule has 0 spiro atoms. The smallest absolute Gasteiger partial charge is 0.274 e. The molecule has 22 heavy (non-hydrogen) atoms. The van der Waals surface area contributed by atoms with Gasteiger partial charge in [0.1, 0.15) is 5.69 Å². The normalized spacial score (nSPS) is 11.1. The van der Waals surface area contributed by atoms with Gasteiger partial charge in [0.2, 0.25) is 5.95 Å². The number of aromatic nitrogens is 2. The van der Waals surface area contributed by atoms with Crippen molar-refractivity contribution in [1.82, 2.24) is 9.97 Å². The zero-order valence-corrected chi connectivity index (χ0v) is 13.7. The lowest BCUT2D eigenvalue weighted by molar-refractivity contribution is 0.102. The van der Waals surface area contributed by atoms with E-state index in [9.17, 15) is 4.79 Å². The van der Waals surface area contributed by atoms with Gasteiger partial charge in [-0.3, -0.25) is 4.79 Å². The molecule has 0 radical (unpaired) electrons. The lowest BCUT2D eigenvalue weighted by Gasteiger charge is -2.20. The molecule has 116 valence electrons. The fourth-order valence-corrected chi connectivity index (χ4v) is 1.99. The van der Waals surface area contributed by atoms with E-state index in [1.54, 1.807) is 6.07 Å². The number of benzene rings is 1. The number of rotatable bonds is 3. The Balaban J connectivity index is 2.22. The van der Waals surface area contributed by atoms with E-state index in [1.807, 2.05) is 58.9 Å². The number of anilines is 2. The van der Waals surface area contributed by atoms with Crippen LogP contribution in [-0.4, -0.2) is 21.4 Å². The average molecular weight is 298 g/mol. The Morgan fingerprint density at radius 3 is 2.45 bits per heavy atom. The number of carbonyl (C=O) groups is 1. The van der Waals surface area contributed by atoms with Crippen LogP contribution in [0.5, 0.6) is 0 Å². The first-order chi connectivity index (χ1) is 10.2. The maximum atomic E-state index is 12.4. The topological polar surface area (TPSA) is 66.9 Å². The molecule has 0 bridgehead atoms. The summed E-state index contributed by atoms with van der Waals surface area (Å²) in [6.07, 6.45) is 0. The average Bonchev–Trinajstić information content (AvgIpc) is 2.35. The number of amides is 1. The van der Waals surface area contributed by atoms with Crippen LogP contribution < -0.4 is 10.6 Å². The molecule has 1 aromatic carbocycles. The summed E-state index contributed by atoms with van der Waals surface area (Å²) in [7, 11) is 0. The Morgan fingerprint density at radius 2 is 1.82 bits per heavy atom. The second kappa shape index (κ2) is 6.13. The molecule has 1 heterocycles. The van der Waals surface area contributed by atoms with Crippen LogP contribution in [0.2, 0.25) is 0 Å². The van der Waals surface area contributed by atoms with Crippen molar-refractivity contribution in [2.45, 2.75) is 40.2 Å². The molecule has 0 saturated carbocycles. The standard InChI is InChI=1S/C17H22N4O/c1-11-7-6-8-13(9-11)19-15(22)14-10-12(2)18-16(20-14)21-17(3,4)5/h6-10H,1-5H3,(H,19,22)(H,18,20,21). The van der Waals surface area contributed by atoms with E-state index in [1.165, 1.54) is 0 Å². The second-order valence-electron chi connectivity index (χ2n) is 6.42. The Bertz CT molecular complexity index is 689. The molecule has 0 atom stereocenters. The van der Waals surface area contributed by atoms with E-state index in [2.05, 4.69) is 20.6 Å². The zero-order valence-electron chi connectivity index (χ0n) is 13.7. The molecule has 0 aliphatic rings. The van der Waals surface area contributed by atoms with Crippen LogP contribution >= 0.6 is 0 Å². The highest BCUT2D eigenvalue weighted by Gasteiger charge is 2.15. The van der Waals surface area contributed by atoms with Crippen molar-refractivity contribution in [3.05, 3.63) is 47.3 Å². The third-order valence-electron chi connectivity index (χ3n) is 2.85. The van der Waals surface area contributed by atoms with Crippen LogP contribution in [-0.2, 0) is 0 Å². The number of hydrogen-bond donors (Lipinski definition) is 2. The summed E-state index contributed by atoms with van der Waals surface area (Å²) < 4.78 is 0. The molecule has 2 N–H and O–H groups in total. The molecule has 1 amide bonds. The van der Waals surface area contributed by atoms with Crippen LogP contribution in [0.15, 0.2) is 30.3 Å². The van der Waals surface area contributed by atoms with Crippen molar-refractivity contribution in [1.29, 1.82) is 0 Å². The molecule has 5 heteroatoms. The van der Waals surface area contributed by atoms with Crippen molar-refractivity contribution >= 4 is 17.5 Å². The van der Waals surface area contributed by atoms with Crippen molar-refractivity contribution in [2.24, 2.45) is 0 Å². The van der Waals surface area contributed by atoms with E-state index in [0.29, 0.717) is 11.6 Å². The van der Waals surface area contributed by atoms with Gasteiger partial charge in [-0.15, -0.1) is 0 Å². The third-order valence-corrected chi connectivity index (χ3v) is 2.85. The number of nitrogens with zero attached hydrogens (tertiary/aromatic N) is 2. The van der Waals surface area contributed by atoms with Crippen molar-refractivity contribution < 1.29 is 4.79 Å². The predicted molar refractivity (Wildman–Crippen MR) is 89.3 cm³/mol. The highest BCUT2D eigenvalue weighted by atomic mass is 16.1. The minimum absolute atomic E-state index is 0.169. The van der Waals surface area contributed by atoms with Gasteiger partial charge in [0.05, 0.1) is 0 Å². The van der Waals surface area contributed by atoms with Crippen molar-refractivity contribution in [3.8, 4) is 0 Å². The largest absolute Gasteiger partial charge is 0.350 e. The predicted octanol–water partition coefficient (Wildman–Crippen LogP) is 3.56. The zero-order chi connectivity index (χ0) is 16.3. The van der Waals surface area contributed by atoms with Crippen molar-refractivity contribution in [3.63, 3.8) is 0 Å². The van der Waals surface area contributed by atoms with Crippen LogP contribution in [0, 0.1) is 13.8 Å². The molecule has 2 aromatic rings. The Hall–Kier alpha value is -2.43. The quantitative estimate of drug-likeness (QED) is 0.909. The number of aryl methyl sites for hydroxylation is 2. The Morgan fingerprint density at radius 1 is 1.09 bits per heavy atom. The molecule has 5 nitrogen and oxygen atoms in total. The second-order valence-corrected chi connectivity index (χ2v) is 6.42. The number of nitrogens with one attached hydrogen (secondary N) is 2. The summed E-state index contributed by atoms with van der Waals surface area (Å²) in [5.74, 6) is 0.218. The van der Waals surface area contributed by atoms with Crippen LogP contribution in [0.3, 0.4) is 0 Å². The molecule has 0 aliphatic heterocycles. The van der Waals surface area contributed by atoms with Gasteiger partial charge in [-0.05, 0) is 58.4 Å². The third kappa shape index (κ3) is 4.55. The van der Waals surface area contributed by atoms with Gasteiger partial charge in [-0.25, -0.2) is 9.97 Å². The van der Waals surface area contributed by atoms with Crippen LogP contribution in [0.1, 0.15) is 42.5 Å². The monoisotopic (exact) mass is 298 g/mol. The first-order valence-corrected chi connectivity index (χ1v) is 7.25. The van der Waals surface area contributed by atoms with Crippen LogP contribution in [0.25, 0.3) is 0 Å². The van der Waals surface area contributed by atoms with Gasteiger partial charge < -0.3 is 10.6 Å². The van der Waals surface area contributed by atoms with E-state index >= 15 is 0 Å². The summed E-state index contributed by atoms with van der Waals surface area (Å²) in [5.41, 5.74) is 2.77. The van der Waals surface area contributed by atoms with E-state index < -0.39 is 0 Å². The molecular formula is C17H22N4O. The summed E-state index contributed by atoms with van der Waals surface area (Å²) in [6.45, 7) is 9.89. The van der Waals surface area contributed by atoms with Gasteiger partial charge in [0, 0.05) is 16.9 Å². The molecule has 0 unspecified atom stereocenters. The minimum atomic E-state index is -0.243. The van der Waals surface area contributed by atoms with Crippen LogP contribution in [0.4, 0.5) is 11.6 Å². The lowest BCUT2D eigenvalue weighted by atomic mass is 10.1. The SMILES string of the molecule is Cc1cccc(NC(=O)c2cc(C)nc(NC(C)(C)C)n2)c1. The van der Waals surface area contributed by atoms with Gasteiger partial charge in [-0.2, -0.15) is 0 Å². The van der Waals surface area contributed by atoms with Gasteiger partial charge in [-0.1, -0.05) is 12.1 Å². The number of hydrogen-bond acceptors (Lipinski definition) is 4. The fourth-order valence-electron chi connectivity index (χ4n) is 1.99. The first-order valence-electron chi connectivity index (χ1n) is 7.25. The summed E-state index contributed by atoms with van der Waals surface area (Å²) >= 11 is 0. The molecule has 0 fully saturated rings. The van der Waals surface area contributed by atoms with Gasteiger partial charge >= 0.3 is 0 Å². The van der Waals surface area contributed by atoms with E-state index in [4.69, 9.17) is 0 Å². The molecule has 2 rings (SSSR count). The van der Waals surface area contributed by atoms with E-state index in [-0.39, 0.29) is 11.4 Å². The van der Waals surface area contributed by atoms with E-state index in [0.717, 1.165) is 16.9 Å². The molecule has 0 saturated heterocycles. The molecular weight excluding hydrogens is 276 g/mol. The Labute approximate surface area is 131 Å². The Kier molecular flexibility index (Phi) is 4.45. The minimum Gasteiger partial charge on any atom is -0.350 e. The highest BCUT2D eigenvalue weighted by Crippen LogP contribution is 2.14. The lowest BCUT2D eigenvalue weighted by Crippen LogP contribution is -2.28. The molecule has 1 aromatic heterocycles. The first kappa shape index (κ1) is 15.9. The summed E-state index contributed by atoms with van der Waals surface area (Å²) in [4.78, 5) is 21.0. The number of carbonyl (C=O) groups excluding carboxylic acids is 1. The maximum absolute atomic E-state index is 12.4. The molecule has 0 aliphatic carbocycles. The van der Waals surface area contributed by atoms with Gasteiger partial charge in [0.15, 0.2) is 0 Å². The van der Waals surface area contributed by atoms with Gasteiger partial charge in [0.25, 0.3) is 5.91 Å². The summed E-state index contributed by atoms with van der Waals surface area (Å²) in [5, 5.41) is 6.05. The highest BCUT2D eigenvalue weighted by molar-refractivity contribution is 6.03. The fraction of sp³-hybridized carbons (Fsp3) is 0.353. The summed E-state index contributed by atoms with van der Waals surface area (Å²) in [6, 6.07) is 9.34. The maximum Gasteiger partial charge on any atom is 0.274 e. The van der Waals surface area contributed by atoms with Crippen molar-refractivity contribution in [2.75, 3.05) is 10.6 Å².